The first-order chi connectivity index (χ1) is 18.0. The van der Waals surface area contributed by atoms with E-state index in [1.807, 2.05) is 74.5 Å². The Hall–Kier alpha value is -3.23. The van der Waals surface area contributed by atoms with E-state index in [1.54, 1.807) is 18.2 Å². The van der Waals surface area contributed by atoms with Crippen molar-refractivity contribution in [1.29, 1.82) is 0 Å². The molecule has 0 aromatic heterocycles. The molecule has 2 heterocycles. The van der Waals surface area contributed by atoms with E-state index >= 15 is 0 Å². The Labute approximate surface area is 217 Å². The standard InChI is InChI=1S/C30H32O7/c1-30(2)36-19-28(37-30)29(33-18-22-11-7-4-8-12-22)27(32-17-21-9-5-3-6-10-21)16-24(31)23-13-14-25-26(15-23)35-20-34-25/h3-15,27-29H,16-20H2,1-2H3/t27-,28-,29+/m1/s1. The molecular formula is C30H32O7. The molecule has 0 spiro atoms. The minimum atomic E-state index is -0.746. The third kappa shape index (κ3) is 6.56. The second-order valence-corrected chi connectivity index (χ2v) is 9.66. The van der Waals surface area contributed by atoms with Gasteiger partial charge in [-0.05, 0) is 43.2 Å². The van der Waals surface area contributed by atoms with Crippen molar-refractivity contribution in [2.75, 3.05) is 13.4 Å². The fourth-order valence-electron chi connectivity index (χ4n) is 4.52. The van der Waals surface area contributed by atoms with Crippen molar-refractivity contribution in [3.8, 4) is 11.5 Å². The van der Waals surface area contributed by atoms with Crippen LogP contribution in [0.3, 0.4) is 0 Å². The zero-order valence-electron chi connectivity index (χ0n) is 21.1. The van der Waals surface area contributed by atoms with Crippen LogP contribution >= 0.6 is 0 Å². The summed E-state index contributed by atoms with van der Waals surface area (Å²) in [6, 6.07) is 25.0. The van der Waals surface area contributed by atoms with Gasteiger partial charge >= 0.3 is 0 Å². The van der Waals surface area contributed by atoms with E-state index in [4.69, 9.17) is 28.4 Å². The fourth-order valence-corrected chi connectivity index (χ4v) is 4.52. The van der Waals surface area contributed by atoms with Crippen LogP contribution in [0.5, 0.6) is 11.5 Å². The normalized spacial score (nSPS) is 19.5. The van der Waals surface area contributed by atoms with Gasteiger partial charge in [0.25, 0.3) is 0 Å². The zero-order valence-corrected chi connectivity index (χ0v) is 21.1. The third-order valence-corrected chi connectivity index (χ3v) is 6.44. The molecule has 2 aliphatic rings. The van der Waals surface area contributed by atoms with Crippen molar-refractivity contribution in [2.24, 2.45) is 0 Å². The fraction of sp³-hybridized carbons (Fsp3) is 0.367. The summed E-state index contributed by atoms with van der Waals surface area (Å²) in [5, 5.41) is 0. The molecule has 3 atom stereocenters. The van der Waals surface area contributed by atoms with Gasteiger partial charge in [0.05, 0.1) is 25.9 Å². The quantitative estimate of drug-likeness (QED) is 0.328. The van der Waals surface area contributed by atoms with Gasteiger partial charge in [-0.3, -0.25) is 4.79 Å². The van der Waals surface area contributed by atoms with Crippen LogP contribution in [-0.2, 0) is 32.2 Å². The summed E-state index contributed by atoms with van der Waals surface area (Å²) >= 11 is 0. The number of hydrogen-bond donors (Lipinski definition) is 0. The maximum atomic E-state index is 13.5. The van der Waals surface area contributed by atoms with Crippen molar-refractivity contribution >= 4 is 5.78 Å². The van der Waals surface area contributed by atoms with Gasteiger partial charge in [-0.2, -0.15) is 0 Å². The van der Waals surface area contributed by atoms with E-state index in [9.17, 15) is 4.79 Å². The highest BCUT2D eigenvalue weighted by Gasteiger charge is 2.42. The van der Waals surface area contributed by atoms with Crippen LogP contribution in [0.25, 0.3) is 0 Å². The van der Waals surface area contributed by atoms with Crippen LogP contribution in [0.1, 0.15) is 41.8 Å². The second kappa shape index (κ2) is 11.4. The minimum Gasteiger partial charge on any atom is -0.454 e. The number of ketones is 1. The molecule has 3 aromatic carbocycles. The van der Waals surface area contributed by atoms with E-state index < -0.39 is 24.1 Å². The summed E-state index contributed by atoms with van der Waals surface area (Å²) in [4.78, 5) is 13.5. The van der Waals surface area contributed by atoms with Crippen molar-refractivity contribution in [1.82, 2.24) is 0 Å². The highest BCUT2D eigenvalue weighted by Crippen LogP contribution is 2.34. The Bertz CT molecular complexity index is 1180. The number of fused-ring (bicyclic) bond motifs is 1. The first-order valence-electron chi connectivity index (χ1n) is 12.5. The van der Waals surface area contributed by atoms with E-state index in [0.717, 1.165) is 11.1 Å². The topological polar surface area (TPSA) is 72.5 Å². The molecule has 1 fully saturated rings. The van der Waals surface area contributed by atoms with Gasteiger partial charge in [-0.25, -0.2) is 0 Å². The van der Waals surface area contributed by atoms with Crippen molar-refractivity contribution < 1.29 is 33.2 Å². The maximum absolute atomic E-state index is 13.5. The Morgan fingerprint density at radius 1 is 0.892 bits per heavy atom. The summed E-state index contributed by atoms with van der Waals surface area (Å²) in [7, 11) is 0. The summed E-state index contributed by atoms with van der Waals surface area (Å²) in [6.45, 7) is 4.94. The molecule has 1 saturated heterocycles. The molecule has 7 heteroatoms. The van der Waals surface area contributed by atoms with Crippen LogP contribution in [0.15, 0.2) is 78.9 Å². The van der Waals surface area contributed by atoms with E-state index in [1.165, 1.54) is 0 Å². The lowest BCUT2D eigenvalue weighted by atomic mass is 9.98. The Morgan fingerprint density at radius 2 is 1.54 bits per heavy atom. The smallest absolute Gasteiger partial charge is 0.231 e. The number of benzene rings is 3. The molecule has 2 aliphatic heterocycles. The lowest BCUT2D eigenvalue weighted by Gasteiger charge is -2.31. The Morgan fingerprint density at radius 3 is 2.19 bits per heavy atom. The molecule has 0 saturated carbocycles. The van der Waals surface area contributed by atoms with Crippen LogP contribution < -0.4 is 9.47 Å². The molecule has 194 valence electrons. The second-order valence-electron chi connectivity index (χ2n) is 9.66. The lowest BCUT2D eigenvalue weighted by Crippen LogP contribution is -2.44. The molecule has 0 unspecified atom stereocenters. The number of ether oxygens (including phenoxy) is 6. The summed E-state index contributed by atoms with van der Waals surface area (Å²) in [6.07, 6.45) is -1.41. The molecule has 0 aliphatic carbocycles. The Kier molecular flexibility index (Phi) is 7.86. The zero-order chi connectivity index (χ0) is 25.7. The van der Waals surface area contributed by atoms with Crippen LogP contribution in [0.2, 0.25) is 0 Å². The summed E-state index contributed by atoms with van der Waals surface area (Å²) in [5.41, 5.74) is 2.56. The lowest BCUT2D eigenvalue weighted by molar-refractivity contribution is -0.178. The van der Waals surface area contributed by atoms with Gasteiger partial charge in [-0.15, -0.1) is 0 Å². The highest BCUT2D eigenvalue weighted by atomic mass is 16.8. The molecule has 3 aromatic rings. The Balaban J connectivity index is 1.39. The van der Waals surface area contributed by atoms with E-state index in [0.29, 0.717) is 36.9 Å². The molecule has 37 heavy (non-hydrogen) atoms. The molecule has 0 N–H and O–H groups in total. The van der Waals surface area contributed by atoms with Crippen LogP contribution in [0, 0.1) is 0 Å². The van der Waals surface area contributed by atoms with Crippen molar-refractivity contribution in [3.63, 3.8) is 0 Å². The molecule has 5 rings (SSSR count). The average molecular weight is 505 g/mol. The number of carbonyl (C=O) groups excluding carboxylic acids is 1. The SMILES string of the molecule is CC1(C)OC[C@H]([C@@H](OCc2ccccc2)[C@@H](CC(=O)c2ccc3c(c2)OCO3)OCc2ccccc2)O1. The first kappa shape index (κ1) is 25.4. The third-order valence-electron chi connectivity index (χ3n) is 6.44. The van der Waals surface area contributed by atoms with Crippen molar-refractivity contribution in [3.05, 3.63) is 95.6 Å². The number of rotatable bonds is 11. The van der Waals surface area contributed by atoms with Gasteiger partial charge in [0.1, 0.15) is 12.2 Å². The number of Topliss-reactive ketones (excluding diaryl/α,β-unsaturated/α-hetero) is 1. The summed E-state index contributed by atoms with van der Waals surface area (Å²) < 4.78 is 35.8. The van der Waals surface area contributed by atoms with Gasteiger partial charge in [0.2, 0.25) is 6.79 Å². The van der Waals surface area contributed by atoms with Crippen molar-refractivity contribution in [2.45, 2.75) is 57.6 Å². The van der Waals surface area contributed by atoms with E-state index in [-0.39, 0.29) is 19.0 Å². The monoisotopic (exact) mass is 504 g/mol. The van der Waals surface area contributed by atoms with Crippen LogP contribution in [0.4, 0.5) is 0 Å². The predicted octanol–water partition coefficient (Wildman–Crippen LogP) is 5.31. The largest absolute Gasteiger partial charge is 0.454 e. The molecule has 7 nitrogen and oxygen atoms in total. The highest BCUT2D eigenvalue weighted by molar-refractivity contribution is 5.97. The molecule has 0 radical (unpaired) electrons. The van der Waals surface area contributed by atoms with Gasteiger partial charge in [0, 0.05) is 12.0 Å². The molecule has 0 bridgehead atoms. The molecular weight excluding hydrogens is 472 g/mol. The van der Waals surface area contributed by atoms with Gasteiger partial charge in [-0.1, -0.05) is 60.7 Å². The average Bonchev–Trinajstić information content (AvgIpc) is 3.53. The van der Waals surface area contributed by atoms with Gasteiger partial charge in [0.15, 0.2) is 23.1 Å². The van der Waals surface area contributed by atoms with Gasteiger partial charge < -0.3 is 28.4 Å². The number of carbonyl (C=O) groups is 1. The van der Waals surface area contributed by atoms with E-state index in [2.05, 4.69) is 0 Å². The summed E-state index contributed by atoms with van der Waals surface area (Å²) in [5.74, 6) is 0.377. The first-order valence-corrected chi connectivity index (χ1v) is 12.5. The van der Waals surface area contributed by atoms with Crippen LogP contribution in [-0.4, -0.2) is 43.3 Å². The maximum Gasteiger partial charge on any atom is 0.231 e. The minimum absolute atomic E-state index is 0.0807. The molecule has 0 amide bonds. The predicted molar refractivity (Wildman–Crippen MR) is 136 cm³/mol. The number of hydrogen-bond acceptors (Lipinski definition) is 7.